The van der Waals surface area contributed by atoms with Gasteiger partial charge in [-0.25, -0.2) is 14.2 Å². The lowest BCUT2D eigenvalue weighted by atomic mass is 10.2. The van der Waals surface area contributed by atoms with Gasteiger partial charge in [-0.2, -0.15) is 0 Å². The van der Waals surface area contributed by atoms with Gasteiger partial charge in [0.1, 0.15) is 17.7 Å². The number of benzene rings is 1. The van der Waals surface area contributed by atoms with Crippen molar-refractivity contribution in [3.05, 3.63) is 42.0 Å². The van der Waals surface area contributed by atoms with E-state index in [1.165, 1.54) is 23.1 Å². The molecule has 22 heavy (non-hydrogen) atoms. The zero-order valence-corrected chi connectivity index (χ0v) is 11.6. The second-order valence-electron chi connectivity index (χ2n) is 5.10. The van der Waals surface area contributed by atoms with E-state index in [4.69, 9.17) is 5.11 Å². The number of rotatable bonds is 4. The molecule has 1 atom stereocenters. The molecule has 1 unspecified atom stereocenters. The highest BCUT2D eigenvalue weighted by Gasteiger charge is 2.29. The van der Waals surface area contributed by atoms with E-state index >= 15 is 0 Å². The summed E-state index contributed by atoms with van der Waals surface area (Å²) in [6, 6.07) is 3.35. The standard InChI is InChI=1S/C15H14FN3O3/c16-9-3-4-10-11(8-9)18-13(17-10)5-6-14(20)19-7-1-2-12(19)15(21)22/h1-4,8,12H,5-7H2,(H,17,18)(H,21,22). The summed E-state index contributed by atoms with van der Waals surface area (Å²) in [4.78, 5) is 31.7. The van der Waals surface area contributed by atoms with E-state index in [9.17, 15) is 14.0 Å². The van der Waals surface area contributed by atoms with Crippen LogP contribution in [0.3, 0.4) is 0 Å². The highest BCUT2D eigenvalue weighted by molar-refractivity contribution is 5.86. The van der Waals surface area contributed by atoms with Crippen molar-refractivity contribution in [3.63, 3.8) is 0 Å². The number of imidazole rings is 1. The largest absolute Gasteiger partial charge is 0.479 e. The van der Waals surface area contributed by atoms with Gasteiger partial charge in [-0.05, 0) is 18.2 Å². The van der Waals surface area contributed by atoms with Crippen LogP contribution in [0.15, 0.2) is 30.4 Å². The molecule has 1 aliphatic rings. The maximum atomic E-state index is 13.1. The molecule has 1 aromatic carbocycles. The van der Waals surface area contributed by atoms with Crippen LogP contribution in [0.25, 0.3) is 11.0 Å². The first kappa shape index (κ1) is 14.2. The van der Waals surface area contributed by atoms with Gasteiger partial charge in [0.15, 0.2) is 0 Å². The van der Waals surface area contributed by atoms with Crippen LogP contribution in [-0.2, 0) is 16.0 Å². The molecule has 3 rings (SSSR count). The molecular weight excluding hydrogens is 289 g/mol. The number of carbonyl (C=O) groups excluding carboxylic acids is 1. The van der Waals surface area contributed by atoms with Crippen molar-refractivity contribution in [2.75, 3.05) is 6.54 Å². The number of hydrogen-bond acceptors (Lipinski definition) is 3. The molecule has 0 saturated carbocycles. The molecule has 1 aliphatic heterocycles. The molecule has 0 radical (unpaired) electrons. The number of aliphatic carboxylic acids is 1. The number of aromatic nitrogens is 2. The predicted molar refractivity (Wildman–Crippen MR) is 76.6 cm³/mol. The minimum atomic E-state index is -1.04. The lowest BCUT2D eigenvalue weighted by Gasteiger charge is -2.21. The Hall–Kier alpha value is -2.70. The number of carboxylic acid groups (broad SMARTS) is 1. The Labute approximate surface area is 125 Å². The minimum absolute atomic E-state index is 0.147. The summed E-state index contributed by atoms with van der Waals surface area (Å²) < 4.78 is 13.1. The van der Waals surface area contributed by atoms with Crippen molar-refractivity contribution in [1.29, 1.82) is 0 Å². The summed E-state index contributed by atoms with van der Waals surface area (Å²) in [6.07, 6.45) is 3.66. The van der Waals surface area contributed by atoms with E-state index < -0.39 is 12.0 Å². The number of carbonyl (C=O) groups is 2. The van der Waals surface area contributed by atoms with Gasteiger partial charge < -0.3 is 15.0 Å². The Balaban J connectivity index is 1.66. The SMILES string of the molecule is O=C(O)C1C=CCN1C(=O)CCc1nc2ccc(F)cc2[nH]1. The van der Waals surface area contributed by atoms with Crippen molar-refractivity contribution >= 4 is 22.9 Å². The number of halogens is 1. The molecule has 1 amide bonds. The van der Waals surface area contributed by atoms with E-state index in [0.29, 0.717) is 29.8 Å². The number of hydrogen-bond donors (Lipinski definition) is 2. The van der Waals surface area contributed by atoms with E-state index in [-0.39, 0.29) is 18.1 Å². The number of carboxylic acids is 1. The molecule has 2 aromatic rings. The van der Waals surface area contributed by atoms with Crippen molar-refractivity contribution in [2.24, 2.45) is 0 Å². The Morgan fingerprint density at radius 2 is 2.27 bits per heavy atom. The van der Waals surface area contributed by atoms with E-state index in [0.717, 1.165) is 0 Å². The van der Waals surface area contributed by atoms with Crippen LogP contribution < -0.4 is 0 Å². The first-order chi connectivity index (χ1) is 10.5. The summed E-state index contributed by atoms with van der Waals surface area (Å²) in [5, 5.41) is 9.04. The average Bonchev–Trinajstić information content (AvgIpc) is 3.10. The van der Waals surface area contributed by atoms with Gasteiger partial charge in [0, 0.05) is 19.4 Å². The third-order valence-electron chi connectivity index (χ3n) is 3.60. The number of fused-ring (bicyclic) bond motifs is 1. The molecule has 0 bridgehead atoms. The van der Waals surface area contributed by atoms with Crippen LogP contribution in [0.2, 0.25) is 0 Å². The highest BCUT2D eigenvalue weighted by Crippen LogP contribution is 2.16. The molecule has 0 spiro atoms. The van der Waals surface area contributed by atoms with E-state index in [1.54, 1.807) is 12.1 Å². The van der Waals surface area contributed by atoms with Crippen LogP contribution in [-0.4, -0.2) is 44.4 Å². The van der Waals surface area contributed by atoms with Gasteiger partial charge in [0.05, 0.1) is 11.0 Å². The molecular formula is C15H14FN3O3. The summed E-state index contributed by atoms with van der Waals surface area (Å²) in [6.45, 7) is 0.307. The molecule has 7 heteroatoms. The first-order valence-electron chi connectivity index (χ1n) is 6.87. The second kappa shape index (κ2) is 5.59. The minimum Gasteiger partial charge on any atom is -0.479 e. The molecule has 6 nitrogen and oxygen atoms in total. The fourth-order valence-electron chi connectivity index (χ4n) is 2.52. The first-order valence-corrected chi connectivity index (χ1v) is 6.87. The van der Waals surface area contributed by atoms with Crippen molar-refractivity contribution in [1.82, 2.24) is 14.9 Å². The fraction of sp³-hybridized carbons (Fsp3) is 0.267. The Morgan fingerprint density at radius 1 is 1.45 bits per heavy atom. The van der Waals surface area contributed by atoms with Crippen molar-refractivity contribution in [2.45, 2.75) is 18.9 Å². The molecule has 114 valence electrons. The number of H-pyrrole nitrogens is 1. The molecule has 1 aromatic heterocycles. The van der Waals surface area contributed by atoms with Crippen molar-refractivity contribution < 1.29 is 19.1 Å². The summed E-state index contributed by atoms with van der Waals surface area (Å²) >= 11 is 0. The van der Waals surface area contributed by atoms with Crippen LogP contribution in [0.5, 0.6) is 0 Å². The van der Waals surface area contributed by atoms with E-state index in [2.05, 4.69) is 9.97 Å². The summed E-state index contributed by atoms with van der Waals surface area (Å²) in [5.74, 6) is -1.07. The van der Waals surface area contributed by atoms with Gasteiger partial charge in [-0.15, -0.1) is 0 Å². The smallest absolute Gasteiger partial charge is 0.330 e. The zero-order valence-electron chi connectivity index (χ0n) is 11.6. The zero-order chi connectivity index (χ0) is 15.7. The Bertz CT molecular complexity index is 768. The van der Waals surface area contributed by atoms with Gasteiger partial charge in [0.2, 0.25) is 5.91 Å². The number of nitrogens with one attached hydrogen (secondary N) is 1. The van der Waals surface area contributed by atoms with Crippen molar-refractivity contribution in [3.8, 4) is 0 Å². The number of aromatic amines is 1. The maximum absolute atomic E-state index is 13.1. The Morgan fingerprint density at radius 3 is 3.05 bits per heavy atom. The van der Waals surface area contributed by atoms with Gasteiger partial charge >= 0.3 is 5.97 Å². The number of amides is 1. The van der Waals surface area contributed by atoms with Gasteiger partial charge in [0.25, 0.3) is 0 Å². The Kier molecular flexibility index (Phi) is 3.62. The summed E-state index contributed by atoms with van der Waals surface area (Å²) in [7, 11) is 0. The topological polar surface area (TPSA) is 86.3 Å². The lowest BCUT2D eigenvalue weighted by molar-refractivity contribution is -0.146. The van der Waals surface area contributed by atoms with Gasteiger partial charge in [-0.1, -0.05) is 12.2 Å². The van der Waals surface area contributed by atoms with Crippen LogP contribution in [0.1, 0.15) is 12.2 Å². The highest BCUT2D eigenvalue weighted by atomic mass is 19.1. The molecule has 2 N–H and O–H groups in total. The van der Waals surface area contributed by atoms with E-state index in [1.807, 2.05) is 0 Å². The summed E-state index contributed by atoms with van der Waals surface area (Å²) in [5.41, 5.74) is 1.21. The monoisotopic (exact) mass is 303 g/mol. The molecule has 0 saturated heterocycles. The second-order valence-corrected chi connectivity index (χ2v) is 5.10. The fourth-order valence-corrected chi connectivity index (χ4v) is 2.52. The van der Waals surface area contributed by atoms with Gasteiger partial charge in [-0.3, -0.25) is 4.79 Å². The normalized spacial score (nSPS) is 17.3. The number of nitrogens with zero attached hydrogens (tertiary/aromatic N) is 2. The predicted octanol–water partition coefficient (Wildman–Crippen LogP) is 1.49. The average molecular weight is 303 g/mol. The third kappa shape index (κ3) is 2.69. The van der Waals surface area contributed by atoms with Crippen LogP contribution in [0.4, 0.5) is 4.39 Å². The molecule has 0 fully saturated rings. The molecule has 2 heterocycles. The maximum Gasteiger partial charge on any atom is 0.330 e. The third-order valence-corrected chi connectivity index (χ3v) is 3.60. The lowest BCUT2D eigenvalue weighted by Crippen LogP contribution is -2.40. The van der Waals surface area contributed by atoms with Crippen LogP contribution >= 0.6 is 0 Å². The number of aryl methyl sites for hydroxylation is 1. The quantitative estimate of drug-likeness (QED) is 0.838. The molecule has 0 aliphatic carbocycles. The van der Waals surface area contributed by atoms with Crippen LogP contribution in [0, 0.1) is 5.82 Å².